The molecule has 1 saturated heterocycles. The van der Waals surface area contributed by atoms with E-state index < -0.39 is 0 Å². The molecule has 6 nitrogen and oxygen atoms in total. The molecule has 0 aromatic heterocycles. The quantitative estimate of drug-likeness (QED) is 0.324. The van der Waals surface area contributed by atoms with E-state index in [1.807, 2.05) is 4.90 Å². The van der Waals surface area contributed by atoms with Crippen LogP contribution in [0.2, 0.25) is 0 Å². The molecular formula is C21H30FN3O3S. The summed E-state index contributed by atoms with van der Waals surface area (Å²) in [6.07, 6.45) is 5.19. The zero-order valence-corrected chi connectivity index (χ0v) is 17.9. The summed E-state index contributed by atoms with van der Waals surface area (Å²) in [6.45, 7) is 6.17. The fourth-order valence-corrected chi connectivity index (χ4v) is 3.95. The lowest BCUT2D eigenvalue weighted by Gasteiger charge is -2.27. The second-order valence-corrected chi connectivity index (χ2v) is 9.45. The Kier molecular flexibility index (Phi) is 7.54. The number of halogens is 1. The van der Waals surface area contributed by atoms with Crippen LogP contribution in [0.1, 0.15) is 46.0 Å². The number of hydrogen-bond donors (Lipinski definition) is 2. The summed E-state index contributed by atoms with van der Waals surface area (Å²) in [5.74, 6) is 0.139. The molecule has 2 aliphatic rings. The zero-order valence-electron chi connectivity index (χ0n) is 17.1. The number of piperazine rings is 1. The number of carbonyl (C=O) groups is 2. The van der Waals surface area contributed by atoms with E-state index in [9.17, 15) is 14.0 Å². The third-order valence-electron chi connectivity index (χ3n) is 5.06. The number of carbonyl (C=O) groups excluding carboxylic acids is 2. The standard InChI is InChI=1S/C21H30FN3O3S/c1-21(2,9-3-4-10-25-12-19(26)23-20(27)13-25)24-29-16-7-8-17(22)18(11-16)28-14-15-5-6-15/h7-8,11,15,24H,3-6,9-10,12-14H2,1-2H3,(H,23,26,27). The van der Waals surface area contributed by atoms with E-state index in [0.29, 0.717) is 31.4 Å². The van der Waals surface area contributed by atoms with E-state index in [1.165, 1.54) is 30.9 Å². The minimum Gasteiger partial charge on any atom is -0.490 e. The first-order valence-corrected chi connectivity index (χ1v) is 11.0. The first-order valence-electron chi connectivity index (χ1n) is 10.2. The summed E-state index contributed by atoms with van der Waals surface area (Å²) >= 11 is 1.48. The smallest absolute Gasteiger partial charge is 0.240 e. The molecule has 2 fully saturated rings. The topological polar surface area (TPSA) is 70.7 Å². The highest BCUT2D eigenvalue weighted by molar-refractivity contribution is 7.97. The molecule has 0 atom stereocenters. The number of unbranched alkanes of at least 4 members (excludes halogenated alkanes) is 1. The van der Waals surface area contributed by atoms with Gasteiger partial charge in [-0.05, 0) is 82.1 Å². The van der Waals surface area contributed by atoms with Gasteiger partial charge in [0, 0.05) is 10.4 Å². The lowest BCUT2D eigenvalue weighted by atomic mass is 9.99. The van der Waals surface area contributed by atoms with E-state index in [1.54, 1.807) is 12.1 Å². The molecule has 2 amide bonds. The Hall–Kier alpha value is -1.64. The van der Waals surface area contributed by atoms with Crippen molar-refractivity contribution in [3.63, 3.8) is 0 Å². The molecule has 1 aliphatic heterocycles. The summed E-state index contributed by atoms with van der Waals surface area (Å²) in [5.41, 5.74) is -0.108. The summed E-state index contributed by atoms with van der Waals surface area (Å²) in [7, 11) is 0. The van der Waals surface area contributed by atoms with Crippen LogP contribution >= 0.6 is 11.9 Å². The maximum Gasteiger partial charge on any atom is 0.240 e. The van der Waals surface area contributed by atoms with Gasteiger partial charge in [-0.3, -0.25) is 24.5 Å². The molecule has 160 valence electrons. The van der Waals surface area contributed by atoms with Gasteiger partial charge < -0.3 is 4.74 Å². The van der Waals surface area contributed by atoms with Crippen LogP contribution in [0.15, 0.2) is 23.1 Å². The Morgan fingerprint density at radius 3 is 2.66 bits per heavy atom. The van der Waals surface area contributed by atoms with Crippen LogP contribution in [0.3, 0.4) is 0 Å². The molecule has 2 N–H and O–H groups in total. The van der Waals surface area contributed by atoms with Crippen molar-refractivity contribution < 1.29 is 18.7 Å². The van der Waals surface area contributed by atoms with Crippen molar-refractivity contribution in [1.82, 2.24) is 14.9 Å². The van der Waals surface area contributed by atoms with Gasteiger partial charge in [-0.15, -0.1) is 0 Å². The maximum absolute atomic E-state index is 13.9. The molecule has 1 heterocycles. The predicted octanol–water partition coefficient (Wildman–Crippen LogP) is 3.12. The first-order chi connectivity index (χ1) is 13.8. The Balaban J connectivity index is 1.38. The zero-order chi connectivity index (χ0) is 20.9. The number of benzene rings is 1. The van der Waals surface area contributed by atoms with Crippen LogP contribution in [0.25, 0.3) is 0 Å². The molecular weight excluding hydrogens is 393 g/mol. The summed E-state index contributed by atoms with van der Waals surface area (Å²) in [6, 6.07) is 4.96. The summed E-state index contributed by atoms with van der Waals surface area (Å²) < 4.78 is 23.0. The Morgan fingerprint density at radius 1 is 1.24 bits per heavy atom. The Labute approximate surface area is 176 Å². The maximum atomic E-state index is 13.9. The lowest BCUT2D eigenvalue weighted by molar-refractivity contribution is -0.136. The SMILES string of the molecule is CC(C)(CCCCN1CC(=O)NC(=O)C1)NSc1ccc(F)c(OCC2CC2)c1. The molecule has 3 rings (SSSR count). The van der Waals surface area contributed by atoms with Crippen molar-refractivity contribution in [3.8, 4) is 5.75 Å². The number of ether oxygens (including phenoxy) is 1. The van der Waals surface area contributed by atoms with E-state index >= 15 is 0 Å². The number of nitrogens with one attached hydrogen (secondary N) is 2. The second kappa shape index (κ2) is 9.91. The highest BCUT2D eigenvalue weighted by atomic mass is 32.2. The van der Waals surface area contributed by atoms with Crippen LogP contribution in [0, 0.1) is 11.7 Å². The minimum absolute atomic E-state index is 0.108. The average molecular weight is 424 g/mol. The fourth-order valence-electron chi connectivity index (χ4n) is 3.16. The highest BCUT2D eigenvalue weighted by Gasteiger charge is 2.24. The van der Waals surface area contributed by atoms with Gasteiger partial charge in [-0.1, -0.05) is 6.42 Å². The van der Waals surface area contributed by atoms with Crippen molar-refractivity contribution in [2.75, 3.05) is 26.2 Å². The van der Waals surface area contributed by atoms with Gasteiger partial charge in [0.2, 0.25) is 11.8 Å². The second-order valence-electron chi connectivity index (χ2n) is 8.57. The molecule has 0 unspecified atom stereocenters. The molecule has 0 radical (unpaired) electrons. The van der Waals surface area contributed by atoms with Crippen LogP contribution in [-0.4, -0.2) is 48.5 Å². The van der Waals surface area contributed by atoms with E-state index in [0.717, 1.165) is 30.7 Å². The van der Waals surface area contributed by atoms with E-state index in [4.69, 9.17) is 4.74 Å². The van der Waals surface area contributed by atoms with E-state index in [2.05, 4.69) is 23.9 Å². The molecule has 1 aromatic rings. The molecule has 1 aromatic carbocycles. The van der Waals surface area contributed by atoms with Crippen LogP contribution < -0.4 is 14.8 Å². The average Bonchev–Trinajstić information content (AvgIpc) is 3.47. The van der Waals surface area contributed by atoms with Crippen LogP contribution in [0.5, 0.6) is 5.75 Å². The largest absolute Gasteiger partial charge is 0.490 e. The fraction of sp³-hybridized carbons (Fsp3) is 0.619. The van der Waals surface area contributed by atoms with Gasteiger partial charge in [0.15, 0.2) is 11.6 Å². The van der Waals surface area contributed by atoms with Gasteiger partial charge in [0.25, 0.3) is 0 Å². The summed E-state index contributed by atoms with van der Waals surface area (Å²) in [4.78, 5) is 25.6. The normalized spacial score (nSPS) is 18.0. The minimum atomic E-state index is -0.320. The monoisotopic (exact) mass is 423 g/mol. The van der Waals surface area contributed by atoms with Gasteiger partial charge in [-0.2, -0.15) is 0 Å². The molecule has 0 spiro atoms. The molecule has 8 heteroatoms. The van der Waals surface area contributed by atoms with Crippen molar-refractivity contribution in [2.24, 2.45) is 5.92 Å². The van der Waals surface area contributed by atoms with Crippen LogP contribution in [-0.2, 0) is 9.59 Å². The summed E-state index contributed by atoms with van der Waals surface area (Å²) in [5, 5.41) is 2.32. The van der Waals surface area contributed by atoms with E-state index in [-0.39, 0.29) is 23.2 Å². The Bertz CT molecular complexity index is 724. The Morgan fingerprint density at radius 2 is 1.97 bits per heavy atom. The number of nitrogens with zero attached hydrogens (tertiary/aromatic N) is 1. The van der Waals surface area contributed by atoms with Gasteiger partial charge in [0.05, 0.1) is 19.7 Å². The third-order valence-corrected chi connectivity index (χ3v) is 6.20. The number of imide groups is 1. The first kappa shape index (κ1) is 22.1. The van der Waals surface area contributed by atoms with Gasteiger partial charge in [0.1, 0.15) is 0 Å². The number of hydrogen-bond acceptors (Lipinski definition) is 6. The lowest BCUT2D eigenvalue weighted by Crippen LogP contribution is -2.51. The van der Waals surface area contributed by atoms with Gasteiger partial charge >= 0.3 is 0 Å². The third kappa shape index (κ3) is 7.60. The van der Waals surface area contributed by atoms with Crippen molar-refractivity contribution in [2.45, 2.75) is 56.4 Å². The van der Waals surface area contributed by atoms with Crippen molar-refractivity contribution in [1.29, 1.82) is 0 Å². The molecule has 29 heavy (non-hydrogen) atoms. The molecule has 0 bridgehead atoms. The number of rotatable bonds is 11. The van der Waals surface area contributed by atoms with Crippen LogP contribution in [0.4, 0.5) is 4.39 Å². The van der Waals surface area contributed by atoms with Crippen molar-refractivity contribution >= 4 is 23.8 Å². The van der Waals surface area contributed by atoms with Crippen molar-refractivity contribution in [3.05, 3.63) is 24.0 Å². The molecule has 1 saturated carbocycles. The number of amides is 2. The van der Waals surface area contributed by atoms with Gasteiger partial charge in [-0.25, -0.2) is 4.39 Å². The predicted molar refractivity (Wildman–Crippen MR) is 111 cm³/mol. The molecule has 1 aliphatic carbocycles. The highest BCUT2D eigenvalue weighted by Crippen LogP contribution is 2.32.